The maximum Gasteiger partial charge on any atom is 0.339 e. The van der Waals surface area contributed by atoms with Crippen LogP contribution in [0.5, 0.6) is 0 Å². The summed E-state index contributed by atoms with van der Waals surface area (Å²) < 4.78 is 6.98. The third-order valence-corrected chi connectivity index (χ3v) is 4.71. The topological polar surface area (TPSA) is 57.0 Å². The number of para-hydroxylation sites is 1. The van der Waals surface area contributed by atoms with Crippen molar-refractivity contribution in [1.82, 2.24) is 14.8 Å². The van der Waals surface area contributed by atoms with Crippen LogP contribution in [0.2, 0.25) is 5.02 Å². The minimum Gasteiger partial charge on any atom is -0.462 e. The number of aryl methyl sites for hydroxylation is 1. The van der Waals surface area contributed by atoms with Gasteiger partial charge in [-0.1, -0.05) is 41.9 Å². The van der Waals surface area contributed by atoms with E-state index >= 15 is 0 Å². The molecule has 0 atom stereocenters. The molecule has 0 bridgehead atoms. The minimum absolute atomic E-state index is 0.309. The highest BCUT2D eigenvalue weighted by Gasteiger charge is 2.20. The molecule has 28 heavy (non-hydrogen) atoms. The predicted octanol–water partition coefficient (Wildman–Crippen LogP) is 5.23. The number of pyridine rings is 1. The molecule has 0 unspecified atom stereocenters. The molecule has 4 rings (SSSR count). The summed E-state index contributed by atoms with van der Waals surface area (Å²) in [5.74, 6) is -0.385. The molecule has 6 heteroatoms. The Bertz CT molecular complexity index is 1150. The lowest BCUT2D eigenvalue weighted by Crippen LogP contribution is -2.08. The first-order chi connectivity index (χ1) is 13.6. The number of ether oxygens (including phenoxy) is 1. The van der Waals surface area contributed by atoms with Crippen LogP contribution in [0.25, 0.3) is 28.0 Å². The van der Waals surface area contributed by atoms with Crippen molar-refractivity contribution in [2.24, 2.45) is 0 Å². The van der Waals surface area contributed by atoms with Gasteiger partial charge in [-0.15, -0.1) is 0 Å². The predicted molar refractivity (Wildman–Crippen MR) is 110 cm³/mol. The fraction of sp³-hybridized carbons (Fsp3) is 0.136. The molecule has 0 saturated heterocycles. The first-order valence-electron chi connectivity index (χ1n) is 8.97. The van der Waals surface area contributed by atoms with Crippen LogP contribution in [0.15, 0.2) is 60.7 Å². The van der Waals surface area contributed by atoms with Crippen molar-refractivity contribution in [1.29, 1.82) is 0 Å². The Kier molecular flexibility index (Phi) is 4.84. The molecule has 0 fully saturated rings. The van der Waals surface area contributed by atoms with Crippen molar-refractivity contribution in [3.05, 3.63) is 76.9 Å². The summed E-state index contributed by atoms with van der Waals surface area (Å²) in [5, 5.41) is 6.23. The Morgan fingerprint density at radius 3 is 2.50 bits per heavy atom. The second-order valence-corrected chi connectivity index (χ2v) is 6.75. The zero-order valence-corrected chi connectivity index (χ0v) is 16.3. The van der Waals surface area contributed by atoms with E-state index in [9.17, 15) is 4.79 Å². The second kappa shape index (κ2) is 7.44. The van der Waals surface area contributed by atoms with Crippen molar-refractivity contribution < 1.29 is 9.53 Å². The van der Waals surface area contributed by atoms with Crippen molar-refractivity contribution in [2.75, 3.05) is 6.61 Å². The molecule has 2 heterocycles. The standard InChI is InChI=1S/C22H18ClN3O2/c1-3-28-22(27)18-13-19-20(15-9-11-16(23)12-10-15)25-26(21(19)24-14(18)2)17-7-5-4-6-8-17/h4-13H,3H2,1-2H3. The van der Waals surface area contributed by atoms with Gasteiger partial charge in [0.2, 0.25) is 0 Å². The van der Waals surface area contributed by atoms with E-state index in [2.05, 4.69) is 0 Å². The van der Waals surface area contributed by atoms with Crippen molar-refractivity contribution in [3.63, 3.8) is 0 Å². The third-order valence-electron chi connectivity index (χ3n) is 4.46. The van der Waals surface area contributed by atoms with Gasteiger partial charge in [-0.05, 0) is 44.2 Å². The number of esters is 1. The van der Waals surface area contributed by atoms with Crippen LogP contribution in [0.4, 0.5) is 0 Å². The van der Waals surface area contributed by atoms with E-state index in [1.807, 2.05) is 60.7 Å². The number of halogens is 1. The highest BCUT2D eigenvalue weighted by atomic mass is 35.5. The number of fused-ring (bicyclic) bond motifs is 1. The smallest absolute Gasteiger partial charge is 0.339 e. The quantitative estimate of drug-likeness (QED) is 0.447. The van der Waals surface area contributed by atoms with Crippen molar-refractivity contribution in [3.8, 4) is 16.9 Å². The van der Waals surface area contributed by atoms with Crippen LogP contribution in [-0.4, -0.2) is 27.3 Å². The molecule has 4 aromatic rings. The van der Waals surface area contributed by atoms with E-state index in [0.29, 0.717) is 28.5 Å². The molecule has 140 valence electrons. The first-order valence-corrected chi connectivity index (χ1v) is 9.35. The molecule has 2 aromatic heterocycles. The molecular formula is C22H18ClN3O2. The van der Waals surface area contributed by atoms with Crippen LogP contribution >= 0.6 is 11.6 Å². The van der Waals surface area contributed by atoms with Gasteiger partial charge in [0.1, 0.15) is 5.69 Å². The second-order valence-electron chi connectivity index (χ2n) is 6.32. The SMILES string of the molecule is CCOC(=O)c1cc2c(-c3ccc(Cl)cc3)nn(-c3ccccc3)c2nc1C. The zero-order valence-electron chi connectivity index (χ0n) is 15.5. The van der Waals surface area contributed by atoms with Gasteiger partial charge in [0, 0.05) is 16.0 Å². The van der Waals surface area contributed by atoms with Gasteiger partial charge in [-0.25, -0.2) is 14.5 Å². The van der Waals surface area contributed by atoms with Gasteiger partial charge in [0.15, 0.2) is 5.65 Å². The molecule has 0 aliphatic heterocycles. The summed E-state index contributed by atoms with van der Waals surface area (Å²) in [6.45, 7) is 3.89. The summed E-state index contributed by atoms with van der Waals surface area (Å²) in [6, 6.07) is 19.0. The molecule has 0 N–H and O–H groups in total. The maximum atomic E-state index is 12.4. The summed E-state index contributed by atoms with van der Waals surface area (Å²) in [4.78, 5) is 17.1. The van der Waals surface area contributed by atoms with E-state index in [1.165, 1.54) is 0 Å². The molecule has 0 aliphatic rings. The summed E-state index contributed by atoms with van der Waals surface area (Å²) in [7, 11) is 0. The Balaban J connectivity index is 2.00. The Morgan fingerprint density at radius 1 is 1.11 bits per heavy atom. The Labute approximate surface area is 167 Å². The normalized spacial score (nSPS) is 11.0. The fourth-order valence-corrected chi connectivity index (χ4v) is 3.24. The summed E-state index contributed by atoms with van der Waals surface area (Å²) >= 11 is 6.04. The van der Waals surface area contributed by atoms with E-state index in [4.69, 9.17) is 26.4 Å². The highest BCUT2D eigenvalue weighted by molar-refractivity contribution is 6.30. The molecule has 0 spiro atoms. The molecule has 0 radical (unpaired) electrons. The lowest BCUT2D eigenvalue weighted by molar-refractivity contribution is 0.0525. The maximum absolute atomic E-state index is 12.4. The van der Waals surface area contributed by atoms with Gasteiger partial charge in [0.05, 0.1) is 23.6 Å². The number of rotatable bonds is 4. The van der Waals surface area contributed by atoms with Crippen molar-refractivity contribution in [2.45, 2.75) is 13.8 Å². The average molecular weight is 392 g/mol. The van der Waals surface area contributed by atoms with Crippen LogP contribution in [0.3, 0.4) is 0 Å². The van der Waals surface area contributed by atoms with Crippen LogP contribution < -0.4 is 0 Å². The molecular weight excluding hydrogens is 374 g/mol. The molecule has 5 nitrogen and oxygen atoms in total. The number of aromatic nitrogens is 3. The largest absolute Gasteiger partial charge is 0.462 e. The molecule has 0 aliphatic carbocycles. The van der Waals surface area contributed by atoms with Crippen LogP contribution in [0.1, 0.15) is 23.0 Å². The first kappa shape index (κ1) is 18.2. The third kappa shape index (κ3) is 3.25. The summed E-state index contributed by atoms with van der Waals surface area (Å²) in [6.07, 6.45) is 0. The molecule has 0 amide bonds. The van der Waals surface area contributed by atoms with Gasteiger partial charge >= 0.3 is 5.97 Å². The lowest BCUT2D eigenvalue weighted by atomic mass is 10.1. The van der Waals surface area contributed by atoms with E-state index < -0.39 is 0 Å². The number of carbonyl (C=O) groups is 1. The van der Waals surface area contributed by atoms with Gasteiger partial charge in [-0.3, -0.25) is 0 Å². The van der Waals surface area contributed by atoms with Crippen LogP contribution in [-0.2, 0) is 4.74 Å². The average Bonchev–Trinajstić information content (AvgIpc) is 3.07. The summed E-state index contributed by atoms with van der Waals surface area (Å²) in [5.41, 5.74) is 4.24. The zero-order chi connectivity index (χ0) is 19.7. The highest BCUT2D eigenvalue weighted by Crippen LogP contribution is 2.31. The minimum atomic E-state index is -0.385. The number of benzene rings is 2. The Morgan fingerprint density at radius 2 is 1.82 bits per heavy atom. The van der Waals surface area contributed by atoms with Gasteiger partial charge < -0.3 is 4.74 Å². The number of hydrogen-bond donors (Lipinski definition) is 0. The monoisotopic (exact) mass is 391 g/mol. The lowest BCUT2D eigenvalue weighted by Gasteiger charge is -2.07. The number of carbonyl (C=O) groups excluding carboxylic acids is 1. The van der Waals surface area contributed by atoms with E-state index in [-0.39, 0.29) is 5.97 Å². The fourth-order valence-electron chi connectivity index (χ4n) is 3.12. The van der Waals surface area contributed by atoms with Crippen molar-refractivity contribution >= 4 is 28.6 Å². The van der Waals surface area contributed by atoms with Gasteiger partial charge in [-0.2, -0.15) is 5.10 Å². The number of nitrogens with zero attached hydrogens (tertiary/aromatic N) is 3. The number of hydrogen-bond acceptors (Lipinski definition) is 4. The molecule has 0 saturated carbocycles. The van der Waals surface area contributed by atoms with Crippen LogP contribution in [0, 0.1) is 6.92 Å². The Hall–Kier alpha value is -3.18. The molecule has 2 aromatic carbocycles. The van der Waals surface area contributed by atoms with E-state index in [0.717, 1.165) is 22.3 Å². The van der Waals surface area contributed by atoms with E-state index in [1.54, 1.807) is 18.5 Å². The van der Waals surface area contributed by atoms with Gasteiger partial charge in [0.25, 0.3) is 0 Å².